The molecule has 1 aliphatic rings. The minimum Gasteiger partial charge on any atom is -0.309 e. The first kappa shape index (κ1) is 21.7. The topological polar surface area (TPSA) is 153 Å². The number of rotatable bonds is 5. The van der Waals surface area contributed by atoms with Crippen LogP contribution in [0.1, 0.15) is 44.7 Å². The average molecular weight is 449 g/mol. The van der Waals surface area contributed by atoms with Crippen LogP contribution < -0.4 is 5.32 Å². The summed E-state index contributed by atoms with van der Waals surface area (Å²) in [6.07, 6.45) is 0. The molecule has 0 bridgehead atoms. The van der Waals surface area contributed by atoms with Crippen LogP contribution >= 0.6 is 0 Å². The van der Waals surface area contributed by atoms with Crippen LogP contribution in [0.25, 0.3) is 5.95 Å². The van der Waals surface area contributed by atoms with Crippen LogP contribution in [0.2, 0.25) is 0 Å². The van der Waals surface area contributed by atoms with Gasteiger partial charge in [-0.05, 0) is 39.8 Å². The molecule has 12 nitrogen and oxygen atoms in total. The SMILES string of the molecule is Cc1cc(C)nc(-n2nc(C)cc2NC(=O)C(C)N2C(=O)c3cccc([N+](=O)[O-])c3C2=O)n1. The lowest BCUT2D eigenvalue weighted by Gasteiger charge is -2.21. The quantitative estimate of drug-likeness (QED) is 0.353. The Bertz CT molecular complexity index is 1330. The normalized spacial score (nSPS) is 13.8. The number of aryl methyl sites for hydroxylation is 3. The van der Waals surface area contributed by atoms with Gasteiger partial charge in [-0.3, -0.25) is 29.4 Å². The Morgan fingerprint density at radius 2 is 1.73 bits per heavy atom. The van der Waals surface area contributed by atoms with Gasteiger partial charge >= 0.3 is 0 Å². The Morgan fingerprint density at radius 1 is 1.06 bits per heavy atom. The second-order valence-electron chi connectivity index (χ2n) is 7.64. The van der Waals surface area contributed by atoms with Crippen molar-refractivity contribution in [3.63, 3.8) is 0 Å². The summed E-state index contributed by atoms with van der Waals surface area (Å²) in [6.45, 7) is 6.69. The first-order valence-electron chi connectivity index (χ1n) is 9.94. The molecule has 4 rings (SSSR count). The summed E-state index contributed by atoms with van der Waals surface area (Å²) in [5.74, 6) is -1.86. The van der Waals surface area contributed by atoms with E-state index in [1.165, 1.54) is 23.7 Å². The van der Waals surface area contributed by atoms with Gasteiger partial charge in [0.25, 0.3) is 23.5 Å². The van der Waals surface area contributed by atoms with Gasteiger partial charge in [-0.1, -0.05) is 6.07 Å². The fourth-order valence-electron chi connectivity index (χ4n) is 3.68. The predicted octanol–water partition coefficient (Wildman–Crippen LogP) is 2.12. The van der Waals surface area contributed by atoms with Crippen LogP contribution in [0.5, 0.6) is 0 Å². The second-order valence-corrected chi connectivity index (χ2v) is 7.64. The van der Waals surface area contributed by atoms with E-state index < -0.39 is 34.4 Å². The third-order valence-electron chi connectivity index (χ3n) is 5.13. The van der Waals surface area contributed by atoms with E-state index in [-0.39, 0.29) is 22.9 Å². The van der Waals surface area contributed by atoms with Crippen molar-refractivity contribution >= 4 is 29.2 Å². The standard InChI is InChI=1S/C21H19N7O5/c1-10-8-11(2)23-21(22-10)27-16(9-12(3)25-27)24-18(29)13(4)26-19(30)14-6-5-7-15(28(32)33)17(14)20(26)31/h5-9,13H,1-4H3,(H,24,29). The monoisotopic (exact) mass is 449 g/mol. The second kappa shape index (κ2) is 7.89. The van der Waals surface area contributed by atoms with E-state index in [0.29, 0.717) is 22.0 Å². The van der Waals surface area contributed by atoms with Crippen molar-refractivity contribution in [2.24, 2.45) is 0 Å². The summed E-state index contributed by atoms with van der Waals surface area (Å²) >= 11 is 0. The number of carbonyl (C=O) groups is 3. The number of aromatic nitrogens is 4. The molecule has 1 N–H and O–H groups in total. The van der Waals surface area contributed by atoms with Gasteiger partial charge in [0, 0.05) is 23.5 Å². The zero-order chi connectivity index (χ0) is 24.0. The molecule has 33 heavy (non-hydrogen) atoms. The third kappa shape index (κ3) is 3.71. The molecule has 0 saturated heterocycles. The van der Waals surface area contributed by atoms with Gasteiger partial charge in [-0.15, -0.1) is 0 Å². The maximum absolute atomic E-state index is 13.0. The molecule has 0 saturated carbocycles. The van der Waals surface area contributed by atoms with E-state index in [1.807, 2.05) is 0 Å². The molecule has 12 heteroatoms. The van der Waals surface area contributed by atoms with Crippen molar-refractivity contribution in [1.29, 1.82) is 0 Å². The average Bonchev–Trinajstić information content (AvgIpc) is 3.23. The number of carbonyl (C=O) groups excluding carboxylic acids is 3. The van der Waals surface area contributed by atoms with E-state index in [9.17, 15) is 24.5 Å². The van der Waals surface area contributed by atoms with Crippen LogP contribution in [-0.4, -0.2) is 53.3 Å². The number of fused-ring (bicyclic) bond motifs is 1. The molecule has 1 aromatic carbocycles. The van der Waals surface area contributed by atoms with Gasteiger partial charge in [-0.2, -0.15) is 9.78 Å². The molecule has 3 heterocycles. The number of nitrogens with one attached hydrogen (secondary N) is 1. The fourth-order valence-corrected chi connectivity index (χ4v) is 3.68. The molecule has 0 spiro atoms. The maximum atomic E-state index is 13.0. The Labute approximate surface area is 187 Å². The Balaban J connectivity index is 1.63. The molecule has 1 unspecified atom stereocenters. The smallest absolute Gasteiger partial charge is 0.282 e. The molecular weight excluding hydrogens is 430 g/mol. The first-order valence-corrected chi connectivity index (χ1v) is 9.94. The van der Waals surface area contributed by atoms with Crippen molar-refractivity contribution < 1.29 is 19.3 Å². The number of amides is 3. The van der Waals surface area contributed by atoms with Crippen LogP contribution in [-0.2, 0) is 4.79 Å². The lowest BCUT2D eigenvalue weighted by atomic mass is 10.1. The van der Waals surface area contributed by atoms with E-state index in [2.05, 4.69) is 20.4 Å². The molecule has 0 fully saturated rings. The van der Waals surface area contributed by atoms with Gasteiger partial charge in [0.1, 0.15) is 17.4 Å². The highest BCUT2D eigenvalue weighted by molar-refractivity contribution is 6.24. The number of anilines is 1. The number of hydrogen-bond donors (Lipinski definition) is 1. The van der Waals surface area contributed by atoms with Crippen molar-refractivity contribution in [1.82, 2.24) is 24.6 Å². The lowest BCUT2D eigenvalue weighted by Crippen LogP contribution is -2.45. The highest BCUT2D eigenvalue weighted by Gasteiger charge is 2.45. The number of hydrogen-bond acceptors (Lipinski definition) is 8. The molecular formula is C21H19N7O5. The number of nitro benzene ring substituents is 1. The number of nitro groups is 1. The van der Waals surface area contributed by atoms with E-state index in [1.54, 1.807) is 32.9 Å². The van der Waals surface area contributed by atoms with Gasteiger partial charge in [0.05, 0.1) is 16.2 Å². The molecule has 2 aromatic heterocycles. The third-order valence-corrected chi connectivity index (χ3v) is 5.13. The summed E-state index contributed by atoms with van der Waals surface area (Å²) in [7, 11) is 0. The maximum Gasteiger partial charge on any atom is 0.282 e. The van der Waals surface area contributed by atoms with Gasteiger partial charge in [0.15, 0.2) is 0 Å². The zero-order valence-electron chi connectivity index (χ0n) is 18.2. The minimum atomic E-state index is -1.25. The molecule has 168 valence electrons. The molecule has 0 aliphatic carbocycles. The number of nitrogens with zero attached hydrogens (tertiary/aromatic N) is 6. The van der Waals surface area contributed by atoms with Crippen LogP contribution in [0.4, 0.5) is 11.5 Å². The van der Waals surface area contributed by atoms with E-state index in [4.69, 9.17) is 0 Å². The Hall–Kier alpha value is -4.48. The van der Waals surface area contributed by atoms with Gasteiger partial charge in [0.2, 0.25) is 5.91 Å². The lowest BCUT2D eigenvalue weighted by molar-refractivity contribution is -0.385. The largest absolute Gasteiger partial charge is 0.309 e. The summed E-state index contributed by atoms with van der Waals surface area (Å²) in [5, 5.41) is 18.3. The highest BCUT2D eigenvalue weighted by atomic mass is 16.6. The summed E-state index contributed by atoms with van der Waals surface area (Å²) in [6, 6.07) is 5.93. The van der Waals surface area contributed by atoms with Crippen LogP contribution in [0.15, 0.2) is 30.3 Å². The number of benzene rings is 1. The number of imide groups is 1. The highest BCUT2D eigenvalue weighted by Crippen LogP contribution is 2.32. The van der Waals surface area contributed by atoms with Crippen molar-refractivity contribution in [2.75, 3.05) is 5.32 Å². The zero-order valence-corrected chi connectivity index (χ0v) is 18.2. The Morgan fingerprint density at radius 3 is 2.36 bits per heavy atom. The van der Waals surface area contributed by atoms with Crippen molar-refractivity contribution in [3.8, 4) is 5.95 Å². The van der Waals surface area contributed by atoms with Crippen molar-refractivity contribution in [3.05, 3.63) is 68.7 Å². The minimum absolute atomic E-state index is 0.113. The summed E-state index contributed by atoms with van der Waals surface area (Å²) < 4.78 is 1.35. The van der Waals surface area contributed by atoms with E-state index in [0.717, 1.165) is 6.07 Å². The molecule has 1 atom stereocenters. The molecule has 1 aliphatic heterocycles. The van der Waals surface area contributed by atoms with Crippen LogP contribution in [0, 0.1) is 30.9 Å². The summed E-state index contributed by atoms with van der Waals surface area (Å²) in [5.41, 5.74) is 1.08. The predicted molar refractivity (Wildman–Crippen MR) is 115 cm³/mol. The Kier molecular flexibility index (Phi) is 5.20. The van der Waals surface area contributed by atoms with Crippen molar-refractivity contribution in [2.45, 2.75) is 33.7 Å². The van der Waals surface area contributed by atoms with Crippen LogP contribution in [0.3, 0.4) is 0 Å². The van der Waals surface area contributed by atoms with E-state index >= 15 is 0 Å². The first-order chi connectivity index (χ1) is 15.6. The summed E-state index contributed by atoms with van der Waals surface area (Å²) in [4.78, 5) is 58.7. The van der Waals surface area contributed by atoms with Gasteiger partial charge < -0.3 is 5.32 Å². The molecule has 0 radical (unpaired) electrons. The fraction of sp³-hybridized carbons (Fsp3) is 0.238. The molecule has 3 aromatic rings. The molecule has 3 amide bonds. The van der Waals surface area contributed by atoms with Gasteiger partial charge in [-0.25, -0.2) is 9.97 Å².